The highest BCUT2D eigenvalue weighted by atomic mass is 35.5. The second-order valence-corrected chi connectivity index (χ2v) is 6.38. The summed E-state index contributed by atoms with van der Waals surface area (Å²) >= 11 is 1.76. The van der Waals surface area contributed by atoms with Crippen LogP contribution in [-0.2, 0) is 17.5 Å². The van der Waals surface area contributed by atoms with Crippen molar-refractivity contribution < 1.29 is 22.7 Å². The zero-order valence-electron chi connectivity index (χ0n) is 13.1. The number of carbonyl (C=O) groups is 1. The highest BCUT2D eigenvalue weighted by molar-refractivity contribution is 7.99. The Bertz CT molecular complexity index is 552. The summed E-state index contributed by atoms with van der Waals surface area (Å²) in [6.07, 6.45) is -4.22. The quantitative estimate of drug-likeness (QED) is 0.819. The minimum Gasteiger partial charge on any atom is -0.497 e. The van der Waals surface area contributed by atoms with Crippen LogP contribution in [0.1, 0.15) is 17.5 Å². The molecule has 24 heavy (non-hydrogen) atoms. The third kappa shape index (κ3) is 6.07. The van der Waals surface area contributed by atoms with Crippen LogP contribution in [0.3, 0.4) is 0 Å². The van der Waals surface area contributed by atoms with E-state index in [1.54, 1.807) is 11.8 Å². The zero-order chi connectivity index (χ0) is 16.9. The maximum Gasteiger partial charge on any atom is 0.416 e. The van der Waals surface area contributed by atoms with E-state index < -0.39 is 11.7 Å². The third-order valence-electron chi connectivity index (χ3n) is 3.53. The second-order valence-electron chi connectivity index (χ2n) is 5.23. The predicted molar refractivity (Wildman–Crippen MR) is 90.8 cm³/mol. The fourth-order valence-corrected chi connectivity index (χ4v) is 3.29. The van der Waals surface area contributed by atoms with Gasteiger partial charge in [-0.05, 0) is 17.7 Å². The first-order valence-electron chi connectivity index (χ1n) is 7.22. The van der Waals surface area contributed by atoms with Crippen LogP contribution in [0.5, 0.6) is 5.75 Å². The number of hydrogen-bond acceptors (Lipinski definition) is 4. The van der Waals surface area contributed by atoms with Crippen LogP contribution in [0, 0.1) is 0 Å². The Labute approximate surface area is 149 Å². The second kappa shape index (κ2) is 9.39. The summed E-state index contributed by atoms with van der Waals surface area (Å²) in [7, 11) is 1.31. The minimum atomic E-state index is -4.49. The Hall–Kier alpha value is -1.12. The number of rotatable bonds is 5. The molecule has 136 valence electrons. The number of halogens is 4. The molecule has 1 fully saturated rings. The number of ether oxygens (including phenoxy) is 1. The van der Waals surface area contributed by atoms with Crippen molar-refractivity contribution in [3.63, 3.8) is 0 Å². The van der Waals surface area contributed by atoms with E-state index in [2.05, 4.69) is 10.6 Å². The van der Waals surface area contributed by atoms with Crippen molar-refractivity contribution in [3.8, 4) is 5.75 Å². The Morgan fingerprint density at radius 1 is 1.46 bits per heavy atom. The molecule has 1 amide bonds. The van der Waals surface area contributed by atoms with Gasteiger partial charge in [-0.1, -0.05) is 6.07 Å². The largest absolute Gasteiger partial charge is 0.497 e. The molecule has 1 aromatic rings. The number of carbonyl (C=O) groups excluding carboxylic acids is 1. The lowest BCUT2D eigenvalue weighted by atomic mass is 10.1. The smallest absolute Gasteiger partial charge is 0.416 e. The van der Waals surface area contributed by atoms with Crippen molar-refractivity contribution in [2.45, 2.75) is 25.2 Å². The maximum atomic E-state index is 13.1. The molecule has 0 saturated carbocycles. The fraction of sp³-hybridized carbons (Fsp3) is 0.533. The number of methoxy groups -OCH3 is 1. The van der Waals surface area contributed by atoms with Crippen LogP contribution >= 0.6 is 24.2 Å². The van der Waals surface area contributed by atoms with E-state index >= 15 is 0 Å². The summed E-state index contributed by atoms with van der Waals surface area (Å²) in [5.74, 6) is 1.73. The van der Waals surface area contributed by atoms with E-state index in [0.29, 0.717) is 0 Å². The average molecular weight is 385 g/mol. The van der Waals surface area contributed by atoms with Crippen molar-refractivity contribution >= 4 is 30.1 Å². The first kappa shape index (κ1) is 20.9. The summed E-state index contributed by atoms with van der Waals surface area (Å²) in [5, 5.41) is 5.79. The SMILES string of the molecule is COc1ccc(CNC(=O)CC2CSCCN2)c(C(F)(F)F)c1.Cl. The molecule has 2 N–H and O–H groups in total. The molecular formula is C15H20ClF3N2O2S. The van der Waals surface area contributed by atoms with Gasteiger partial charge in [0.15, 0.2) is 0 Å². The van der Waals surface area contributed by atoms with Gasteiger partial charge in [0.2, 0.25) is 5.91 Å². The van der Waals surface area contributed by atoms with Gasteiger partial charge >= 0.3 is 6.18 Å². The van der Waals surface area contributed by atoms with Gasteiger partial charge in [0.1, 0.15) is 5.75 Å². The van der Waals surface area contributed by atoms with Gasteiger partial charge in [-0.25, -0.2) is 0 Å². The van der Waals surface area contributed by atoms with Gasteiger partial charge in [0.05, 0.1) is 12.7 Å². The van der Waals surface area contributed by atoms with E-state index in [-0.39, 0.29) is 48.6 Å². The van der Waals surface area contributed by atoms with Crippen LogP contribution in [0.2, 0.25) is 0 Å². The first-order valence-corrected chi connectivity index (χ1v) is 8.37. The predicted octanol–water partition coefficient (Wildman–Crippen LogP) is 2.85. The average Bonchev–Trinajstić information content (AvgIpc) is 2.53. The lowest BCUT2D eigenvalue weighted by molar-refractivity contribution is -0.138. The molecule has 1 saturated heterocycles. The summed E-state index contributed by atoms with van der Waals surface area (Å²) in [4.78, 5) is 11.9. The minimum absolute atomic E-state index is 0. The summed E-state index contributed by atoms with van der Waals surface area (Å²) in [6, 6.07) is 3.81. The van der Waals surface area contributed by atoms with E-state index in [9.17, 15) is 18.0 Å². The maximum absolute atomic E-state index is 13.1. The Morgan fingerprint density at radius 3 is 2.79 bits per heavy atom. The van der Waals surface area contributed by atoms with Gasteiger partial charge < -0.3 is 15.4 Å². The van der Waals surface area contributed by atoms with Gasteiger partial charge in [-0.3, -0.25) is 4.79 Å². The molecule has 1 aliphatic rings. The number of hydrogen-bond donors (Lipinski definition) is 2. The van der Waals surface area contributed by atoms with E-state index in [0.717, 1.165) is 24.1 Å². The lowest BCUT2D eigenvalue weighted by Gasteiger charge is -2.22. The summed E-state index contributed by atoms with van der Waals surface area (Å²) in [6.45, 7) is 0.691. The highest BCUT2D eigenvalue weighted by Gasteiger charge is 2.33. The van der Waals surface area contributed by atoms with Crippen molar-refractivity contribution in [1.29, 1.82) is 0 Å². The molecule has 1 unspecified atom stereocenters. The molecule has 9 heteroatoms. The van der Waals surface area contributed by atoms with Crippen LogP contribution in [0.25, 0.3) is 0 Å². The van der Waals surface area contributed by atoms with Gasteiger partial charge in [-0.2, -0.15) is 24.9 Å². The molecule has 1 aromatic carbocycles. The Morgan fingerprint density at radius 2 is 2.21 bits per heavy atom. The number of amides is 1. The van der Waals surface area contributed by atoms with Gasteiger partial charge in [0, 0.05) is 37.1 Å². The van der Waals surface area contributed by atoms with Crippen molar-refractivity contribution in [2.24, 2.45) is 0 Å². The summed E-state index contributed by atoms with van der Waals surface area (Å²) < 4.78 is 44.1. The number of alkyl halides is 3. The van der Waals surface area contributed by atoms with E-state index in [4.69, 9.17) is 4.74 Å². The molecule has 1 atom stereocenters. The molecule has 0 aromatic heterocycles. The normalized spacial score (nSPS) is 17.8. The van der Waals surface area contributed by atoms with E-state index in [1.165, 1.54) is 19.2 Å². The fourth-order valence-electron chi connectivity index (χ4n) is 2.34. The van der Waals surface area contributed by atoms with E-state index in [1.807, 2.05) is 0 Å². The third-order valence-corrected chi connectivity index (χ3v) is 4.66. The topological polar surface area (TPSA) is 50.4 Å². The molecule has 0 aliphatic carbocycles. The lowest BCUT2D eigenvalue weighted by Crippen LogP contribution is -2.41. The molecule has 2 rings (SSSR count). The van der Waals surface area contributed by atoms with Crippen molar-refractivity contribution in [3.05, 3.63) is 29.3 Å². The number of thioether (sulfide) groups is 1. The van der Waals surface area contributed by atoms with Crippen molar-refractivity contribution in [2.75, 3.05) is 25.2 Å². The number of benzene rings is 1. The van der Waals surface area contributed by atoms with Gasteiger partial charge in [0.25, 0.3) is 0 Å². The van der Waals surface area contributed by atoms with Crippen LogP contribution in [0.15, 0.2) is 18.2 Å². The number of nitrogens with one attached hydrogen (secondary N) is 2. The molecule has 0 radical (unpaired) electrons. The first-order chi connectivity index (χ1) is 10.9. The standard InChI is InChI=1S/C15H19F3N2O2S.ClH/c1-22-12-3-2-10(13(7-12)15(16,17)18)8-20-14(21)6-11-9-23-5-4-19-11;/h2-3,7,11,19H,4-6,8-9H2,1H3,(H,20,21);1H. The van der Waals surface area contributed by atoms with Gasteiger partial charge in [-0.15, -0.1) is 12.4 Å². The highest BCUT2D eigenvalue weighted by Crippen LogP contribution is 2.34. The monoisotopic (exact) mass is 384 g/mol. The zero-order valence-corrected chi connectivity index (χ0v) is 14.7. The molecule has 4 nitrogen and oxygen atoms in total. The van der Waals surface area contributed by atoms with Crippen LogP contribution in [0.4, 0.5) is 13.2 Å². The molecule has 1 aliphatic heterocycles. The molecule has 0 bridgehead atoms. The Balaban J connectivity index is 0.00000288. The molecule has 1 heterocycles. The molecular weight excluding hydrogens is 365 g/mol. The molecule has 0 spiro atoms. The van der Waals surface area contributed by atoms with Crippen molar-refractivity contribution in [1.82, 2.24) is 10.6 Å². The van der Waals surface area contributed by atoms with Crippen LogP contribution in [-0.4, -0.2) is 37.1 Å². The van der Waals surface area contributed by atoms with Crippen LogP contribution < -0.4 is 15.4 Å². The summed E-state index contributed by atoms with van der Waals surface area (Å²) in [5.41, 5.74) is -0.763. The Kier molecular flexibility index (Phi) is 8.18.